The minimum absolute atomic E-state index is 0.217. The van der Waals surface area contributed by atoms with Crippen LogP contribution in [0.1, 0.15) is 59.3 Å². The largest absolute Gasteiger partial charge is 0.424 e. The van der Waals surface area contributed by atoms with Gasteiger partial charge in [-0.25, -0.2) is 0 Å². The third-order valence-electron chi connectivity index (χ3n) is 2.39. The standard InChI is InChI=1S/C11H26OSi/c1-4-7-10-12-13-11(8-5-2)9-6-3/h11H,4-10,13H2,1-3H3. The summed E-state index contributed by atoms with van der Waals surface area (Å²) >= 11 is 0. The molecule has 0 rings (SSSR count). The molecule has 0 aliphatic heterocycles. The van der Waals surface area contributed by atoms with Crippen LogP contribution in [0.25, 0.3) is 0 Å². The van der Waals surface area contributed by atoms with Crippen LogP contribution in [0.2, 0.25) is 5.54 Å². The Morgan fingerprint density at radius 3 is 2.08 bits per heavy atom. The van der Waals surface area contributed by atoms with Gasteiger partial charge in [0.05, 0.1) is 0 Å². The van der Waals surface area contributed by atoms with Gasteiger partial charge in [0.1, 0.15) is 0 Å². The number of hydrogen-bond acceptors (Lipinski definition) is 1. The van der Waals surface area contributed by atoms with Crippen LogP contribution in [0.3, 0.4) is 0 Å². The van der Waals surface area contributed by atoms with Gasteiger partial charge in [-0.3, -0.25) is 0 Å². The molecule has 2 heteroatoms. The van der Waals surface area contributed by atoms with Crippen LogP contribution in [-0.4, -0.2) is 16.4 Å². The summed E-state index contributed by atoms with van der Waals surface area (Å²) in [4.78, 5) is 0. The molecule has 0 saturated heterocycles. The molecule has 0 aliphatic carbocycles. The van der Waals surface area contributed by atoms with Crippen LogP contribution >= 0.6 is 0 Å². The fourth-order valence-electron chi connectivity index (χ4n) is 1.62. The van der Waals surface area contributed by atoms with E-state index in [1.807, 2.05) is 0 Å². The van der Waals surface area contributed by atoms with E-state index in [1.165, 1.54) is 38.5 Å². The summed E-state index contributed by atoms with van der Waals surface area (Å²) in [5.41, 5.74) is 0.951. The van der Waals surface area contributed by atoms with Crippen molar-refractivity contribution in [2.75, 3.05) is 6.61 Å². The molecule has 0 spiro atoms. The highest BCUT2D eigenvalue weighted by Gasteiger charge is 2.07. The lowest BCUT2D eigenvalue weighted by Crippen LogP contribution is -2.09. The molecule has 0 aromatic heterocycles. The molecule has 0 saturated carbocycles. The van der Waals surface area contributed by atoms with Gasteiger partial charge in [-0.1, -0.05) is 52.9 Å². The highest BCUT2D eigenvalue weighted by Crippen LogP contribution is 2.18. The minimum atomic E-state index is -0.217. The maximum Gasteiger partial charge on any atom is 0.164 e. The molecule has 1 nitrogen and oxygen atoms in total. The molecule has 0 amide bonds. The summed E-state index contributed by atoms with van der Waals surface area (Å²) in [6.07, 6.45) is 7.96. The van der Waals surface area contributed by atoms with Crippen molar-refractivity contribution in [3.63, 3.8) is 0 Å². The van der Waals surface area contributed by atoms with Gasteiger partial charge in [0, 0.05) is 6.61 Å². The van der Waals surface area contributed by atoms with E-state index in [0.29, 0.717) is 0 Å². The zero-order valence-electron chi connectivity index (χ0n) is 9.64. The molecule has 0 radical (unpaired) electrons. The van der Waals surface area contributed by atoms with Gasteiger partial charge in [0.2, 0.25) is 0 Å². The van der Waals surface area contributed by atoms with E-state index in [9.17, 15) is 0 Å². The van der Waals surface area contributed by atoms with Gasteiger partial charge in [-0.05, 0) is 12.0 Å². The van der Waals surface area contributed by atoms with E-state index >= 15 is 0 Å². The molecule has 0 atom stereocenters. The SMILES string of the molecule is CCCCO[SiH2]C(CCC)CCC. The van der Waals surface area contributed by atoms with Crippen LogP contribution in [0.4, 0.5) is 0 Å². The third kappa shape index (κ3) is 8.51. The summed E-state index contributed by atoms with van der Waals surface area (Å²) in [7, 11) is -0.217. The highest BCUT2D eigenvalue weighted by molar-refractivity contribution is 6.29. The van der Waals surface area contributed by atoms with E-state index in [1.54, 1.807) is 0 Å². The summed E-state index contributed by atoms with van der Waals surface area (Å²) in [5.74, 6) is 0. The molecule has 80 valence electrons. The first kappa shape index (κ1) is 13.2. The summed E-state index contributed by atoms with van der Waals surface area (Å²) in [6.45, 7) is 7.80. The second kappa shape index (κ2) is 10.3. The van der Waals surface area contributed by atoms with Gasteiger partial charge in [0.25, 0.3) is 0 Å². The Hall–Kier alpha value is 0.177. The lowest BCUT2D eigenvalue weighted by Gasteiger charge is -2.14. The Morgan fingerprint density at radius 2 is 1.62 bits per heavy atom. The second-order valence-electron chi connectivity index (χ2n) is 3.87. The van der Waals surface area contributed by atoms with Gasteiger partial charge in [-0.2, -0.15) is 0 Å². The van der Waals surface area contributed by atoms with Crippen molar-refractivity contribution in [2.24, 2.45) is 0 Å². The Kier molecular flexibility index (Phi) is 10.4. The van der Waals surface area contributed by atoms with E-state index in [-0.39, 0.29) is 9.76 Å². The van der Waals surface area contributed by atoms with E-state index in [2.05, 4.69) is 20.8 Å². The quantitative estimate of drug-likeness (QED) is 0.412. The van der Waals surface area contributed by atoms with Crippen LogP contribution < -0.4 is 0 Å². The molecule has 0 heterocycles. The Labute approximate surface area is 86.2 Å². The van der Waals surface area contributed by atoms with E-state index in [4.69, 9.17) is 4.43 Å². The molecule has 0 aliphatic rings. The molecule has 0 aromatic rings. The first-order valence-corrected chi connectivity index (χ1v) is 7.32. The maximum absolute atomic E-state index is 5.78. The van der Waals surface area contributed by atoms with Gasteiger partial charge >= 0.3 is 0 Å². The normalized spacial score (nSPS) is 12.0. The van der Waals surface area contributed by atoms with Crippen molar-refractivity contribution in [3.05, 3.63) is 0 Å². The second-order valence-corrected chi connectivity index (χ2v) is 5.77. The highest BCUT2D eigenvalue weighted by atomic mass is 28.2. The van der Waals surface area contributed by atoms with Crippen molar-refractivity contribution in [1.82, 2.24) is 0 Å². The zero-order valence-corrected chi connectivity index (χ0v) is 11.1. The van der Waals surface area contributed by atoms with Crippen molar-refractivity contribution in [2.45, 2.75) is 64.8 Å². The van der Waals surface area contributed by atoms with E-state index in [0.717, 1.165) is 12.1 Å². The van der Waals surface area contributed by atoms with E-state index < -0.39 is 0 Å². The monoisotopic (exact) mass is 202 g/mol. The topological polar surface area (TPSA) is 9.23 Å². The van der Waals surface area contributed by atoms with Gasteiger partial charge < -0.3 is 4.43 Å². The first-order chi connectivity index (χ1) is 6.35. The lowest BCUT2D eigenvalue weighted by molar-refractivity contribution is 0.316. The molecular formula is C11H26OSi. The predicted octanol–water partition coefficient (Wildman–Crippen LogP) is 3.28. The molecule has 0 N–H and O–H groups in total. The van der Waals surface area contributed by atoms with Crippen molar-refractivity contribution in [1.29, 1.82) is 0 Å². The predicted molar refractivity (Wildman–Crippen MR) is 63.0 cm³/mol. The Bertz CT molecular complexity index is 90.1. The Balaban J connectivity index is 3.33. The molecule has 0 aromatic carbocycles. The van der Waals surface area contributed by atoms with Crippen LogP contribution in [0.5, 0.6) is 0 Å². The summed E-state index contributed by atoms with van der Waals surface area (Å²) in [5, 5.41) is 0. The average molecular weight is 202 g/mol. The smallest absolute Gasteiger partial charge is 0.164 e. The molecule has 0 fully saturated rings. The fraction of sp³-hybridized carbons (Fsp3) is 1.00. The third-order valence-corrected chi connectivity index (χ3v) is 4.20. The average Bonchev–Trinajstić information content (AvgIpc) is 2.13. The first-order valence-electron chi connectivity index (χ1n) is 5.92. The minimum Gasteiger partial charge on any atom is -0.424 e. The molecule has 0 bridgehead atoms. The zero-order chi connectivity index (χ0) is 9.94. The molecule has 13 heavy (non-hydrogen) atoms. The van der Waals surface area contributed by atoms with Crippen LogP contribution in [0.15, 0.2) is 0 Å². The number of hydrogen-bond donors (Lipinski definition) is 0. The molecule has 0 unspecified atom stereocenters. The maximum atomic E-state index is 5.78. The summed E-state index contributed by atoms with van der Waals surface area (Å²) < 4.78 is 5.78. The van der Waals surface area contributed by atoms with Crippen molar-refractivity contribution in [3.8, 4) is 0 Å². The van der Waals surface area contributed by atoms with Crippen LogP contribution in [0, 0.1) is 0 Å². The van der Waals surface area contributed by atoms with Gasteiger partial charge in [-0.15, -0.1) is 0 Å². The van der Waals surface area contributed by atoms with Gasteiger partial charge in [0.15, 0.2) is 9.76 Å². The fourth-order valence-corrected chi connectivity index (χ4v) is 3.48. The molecular weight excluding hydrogens is 176 g/mol. The van der Waals surface area contributed by atoms with Crippen LogP contribution in [-0.2, 0) is 4.43 Å². The van der Waals surface area contributed by atoms with Crippen molar-refractivity contribution >= 4 is 9.76 Å². The number of unbranched alkanes of at least 4 members (excludes halogenated alkanes) is 1. The number of rotatable bonds is 9. The lowest BCUT2D eigenvalue weighted by atomic mass is 10.1. The Morgan fingerprint density at radius 1 is 1.00 bits per heavy atom. The summed E-state index contributed by atoms with van der Waals surface area (Å²) in [6, 6.07) is 0. The van der Waals surface area contributed by atoms with Crippen molar-refractivity contribution < 1.29 is 4.43 Å².